The molecule has 110 valence electrons. The van der Waals surface area contributed by atoms with E-state index in [0.717, 1.165) is 29.2 Å². The molecule has 1 N–H and O–H groups in total. The standard InChI is InChI=1S/C16H19N3OS/c1-20-15-6-3-12(10-19-14-4-5-14)9-13(15)11-21-16-17-7-2-8-18-16/h2-3,6-9,14,19H,4-5,10-11H2,1H3. The number of thioether (sulfide) groups is 1. The van der Waals surface area contributed by atoms with Crippen LogP contribution >= 0.6 is 11.8 Å². The summed E-state index contributed by atoms with van der Waals surface area (Å²) in [6.45, 7) is 0.925. The van der Waals surface area contributed by atoms with Crippen LogP contribution in [0, 0.1) is 0 Å². The quantitative estimate of drug-likeness (QED) is 0.629. The molecule has 1 fully saturated rings. The van der Waals surface area contributed by atoms with Crippen LogP contribution in [0.1, 0.15) is 24.0 Å². The van der Waals surface area contributed by atoms with Crippen LogP contribution in [0.4, 0.5) is 0 Å². The summed E-state index contributed by atoms with van der Waals surface area (Å²) in [6.07, 6.45) is 6.15. The van der Waals surface area contributed by atoms with Gasteiger partial charge in [0.25, 0.3) is 0 Å². The molecule has 0 saturated heterocycles. The maximum absolute atomic E-state index is 5.45. The average Bonchev–Trinajstić information content (AvgIpc) is 3.36. The molecule has 4 nitrogen and oxygen atoms in total. The molecule has 1 heterocycles. The molecule has 0 unspecified atom stereocenters. The maximum atomic E-state index is 5.45. The van der Waals surface area contributed by atoms with Gasteiger partial charge >= 0.3 is 0 Å². The summed E-state index contributed by atoms with van der Waals surface area (Å²) in [5, 5.41) is 4.33. The van der Waals surface area contributed by atoms with E-state index in [2.05, 4.69) is 27.4 Å². The van der Waals surface area contributed by atoms with Gasteiger partial charge in [-0.25, -0.2) is 9.97 Å². The molecular weight excluding hydrogens is 282 g/mol. The maximum Gasteiger partial charge on any atom is 0.187 e. The van der Waals surface area contributed by atoms with Crippen molar-refractivity contribution in [1.29, 1.82) is 0 Å². The van der Waals surface area contributed by atoms with Gasteiger partial charge in [-0.2, -0.15) is 0 Å². The predicted octanol–water partition coefficient (Wildman–Crippen LogP) is 3.03. The van der Waals surface area contributed by atoms with E-state index in [1.165, 1.54) is 24.0 Å². The molecule has 3 rings (SSSR count). The molecule has 0 atom stereocenters. The summed E-state index contributed by atoms with van der Waals surface area (Å²) in [5.41, 5.74) is 2.48. The minimum Gasteiger partial charge on any atom is -0.496 e. The molecule has 1 aromatic carbocycles. The second-order valence-electron chi connectivity index (χ2n) is 5.12. The first-order valence-electron chi connectivity index (χ1n) is 7.14. The molecule has 2 aromatic rings. The monoisotopic (exact) mass is 301 g/mol. The zero-order chi connectivity index (χ0) is 14.5. The first-order valence-corrected chi connectivity index (χ1v) is 8.12. The van der Waals surface area contributed by atoms with Crippen LogP contribution in [0.3, 0.4) is 0 Å². The van der Waals surface area contributed by atoms with Crippen molar-refractivity contribution in [3.05, 3.63) is 47.8 Å². The Balaban J connectivity index is 1.67. The number of ether oxygens (including phenoxy) is 1. The van der Waals surface area contributed by atoms with Gasteiger partial charge < -0.3 is 10.1 Å². The van der Waals surface area contributed by atoms with Crippen molar-refractivity contribution in [2.45, 2.75) is 36.3 Å². The van der Waals surface area contributed by atoms with Gasteiger partial charge in [0.2, 0.25) is 0 Å². The second kappa shape index (κ2) is 6.91. The molecule has 1 aliphatic rings. The molecule has 1 aliphatic carbocycles. The zero-order valence-electron chi connectivity index (χ0n) is 12.1. The van der Waals surface area contributed by atoms with Crippen LogP contribution in [0.2, 0.25) is 0 Å². The lowest BCUT2D eigenvalue weighted by Gasteiger charge is -2.11. The molecule has 1 saturated carbocycles. The van der Waals surface area contributed by atoms with Gasteiger partial charge in [0.1, 0.15) is 5.75 Å². The Morgan fingerprint density at radius 3 is 2.81 bits per heavy atom. The fourth-order valence-electron chi connectivity index (χ4n) is 2.11. The topological polar surface area (TPSA) is 47.0 Å². The third kappa shape index (κ3) is 4.19. The number of rotatable bonds is 7. The number of aromatic nitrogens is 2. The SMILES string of the molecule is COc1ccc(CNC2CC2)cc1CSc1ncccn1. The Kier molecular flexibility index (Phi) is 4.72. The normalized spacial score (nSPS) is 14.1. The molecule has 0 amide bonds. The van der Waals surface area contributed by atoms with E-state index < -0.39 is 0 Å². The number of hydrogen-bond donors (Lipinski definition) is 1. The Morgan fingerprint density at radius 2 is 2.10 bits per heavy atom. The van der Waals surface area contributed by atoms with Gasteiger partial charge in [-0.05, 0) is 36.6 Å². The number of nitrogens with one attached hydrogen (secondary N) is 1. The summed E-state index contributed by atoms with van der Waals surface area (Å²) in [4.78, 5) is 8.48. The molecule has 0 spiro atoms. The lowest BCUT2D eigenvalue weighted by atomic mass is 10.1. The van der Waals surface area contributed by atoms with Crippen LogP contribution in [-0.4, -0.2) is 23.1 Å². The molecule has 0 radical (unpaired) electrons. The van der Waals surface area contributed by atoms with Crippen molar-refractivity contribution < 1.29 is 4.74 Å². The summed E-state index contributed by atoms with van der Waals surface area (Å²) in [6, 6.07) is 8.94. The molecule has 21 heavy (non-hydrogen) atoms. The Labute approximate surface area is 129 Å². The zero-order valence-corrected chi connectivity index (χ0v) is 12.9. The molecule has 1 aromatic heterocycles. The number of benzene rings is 1. The largest absolute Gasteiger partial charge is 0.496 e. The third-order valence-corrected chi connectivity index (χ3v) is 4.34. The van der Waals surface area contributed by atoms with E-state index in [1.54, 1.807) is 31.3 Å². The van der Waals surface area contributed by atoms with E-state index in [4.69, 9.17) is 4.74 Å². The number of nitrogens with zero attached hydrogens (tertiary/aromatic N) is 2. The van der Waals surface area contributed by atoms with Crippen molar-refractivity contribution >= 4 is 11.8 Å². The van der Waals surface area contributed by atoms with Gasteiger partial charge in [-0.3, -0.25) is 0 Å². The minimum atomic E-state index is 0.725. The molecule has 0 bridgehead atoms. The molecule has 5 heteroatoms. The molecule has 0 aliphatic heterocycles. The van der Waals surface area contributed by atoms with Crippen LogP contribution in [0.5, 0.6) is 5.75 Å². The lowest BCUT2D eigenvalue weighted by molar-refractivity contribution is 0.411. The number of methoxy groups -OCH3 is 1. The highest BCUT2D eigenvalue weighted by Crippen LogP contribution is 2.27. The van der Waals surface area contributed by atoms with Crippen molar-refractivity contribution in [3.8, 4) is 5.75 Å². The van der Waals surface area contributed by atoms with Crippen molar-refractivity contribution in [1.82, 2.24) is 15.3 Å². The van der Waals surface area contributed by atoms with E-state index in [0.29, 0.717) is 0 Å². The second-order valence-corrected chi connectivity index (χ2v) is 6.06. The van der Waals surface area contributed by atoms with E-state index in [-0.39, 0.29) is 0 Å². The fourth-order valence-corrected chi connectivity index (χ4v) is 2.89. The average molecular weight is 301 g/mol. The van der Waals surface area contributed by atoms with Gasteiger partial charge in [-0.1, -0.05) is 17.8 Å². The van der Waals surface area contributed by atoms with Crippen LogP contribution in [0.15, 0.2) is 41.8 Å². The highest BCUT2D eigenvalue weighted by atomic mass is 32.2. The highest BCUT2D eigenvalue weighted by Gasteiger charge is 2.20. The summed E-state index contributed by atoms with van der Waals surface area (Å²) in [7, 11) is 1.71. The lowest BCUT2D eigenvalue weighted by Crippen LogP contribution is -2.15. The minimum absolute atomic E-state index is 0.725. The number of hydrogen-bond acceptors (Lipinski definition) is 5. The summed E-state index contributed by atoms with van der Waals surface area (Å²) >= 11 is 1.63. The van der Waals surface area contributed by atoms with Gasteiger partial charge in [0.05, 0.1) is 7.11 Å². The summed E-state index contributed by atoms with van der Waals surface area (Å²) < 4.78 is 5.45. The first-order chi connectivity index (χ1) is 10.3. The van der Waals surface area contributed by atoms with Gasteiger partial charge in [-0.15, -0.1) is 0 Å². The van der Waals surface area contributed by atoms with Crippen molar-refractivity contribution in [2.24, 2.45) is 0 Å². The van der Waals surface area contributed by atoms with E-state index >= 15 is 0 Å². The fraction of sp³-hybridized carbons (Fsp3) is 0.375. The van der Waals surface area contributed by atoms with Crippen LogP contribution in [0.25, 0.3) is 0 Å². The highest BCUT2D eigenvalue weighted by molar-refractivity contribution is 7.98. The Morgan fingerprint density at radius 1 is 1.29 bits per heavy atom. The van der Waals surface area contributed by atoms with E-state index in [9.17, 15) is 0 Å². The van der Waals surface area contributed by atoms with Crippen LogP contribution < -0.4 is 10.1 Å². The Hall–Kier alpha value is -1.59. The van der Waals surface area contributed by atoms with Gasteiger partial charge in [0.15, 0.2) is 5.16 Å². The summed E-state index contributed by atoms with van der Waals surface area (Å²) in [5.74, 6) is 1.73. The van der Waals surface area contributed by atoms with Crippen molar-refractivity contribution in [3.63, 3.8) is 0 Å². The first kappa shape index (κ1) is 14.4. The van der Waals surface area contributed by atoms with Gasteiger partial charge in [0, 0.05) is 36.3 Å². The smallest absolute Gasteiger partial charge is 0.187 e. The third-order valence-electron chi connectivity index (χ3n) is 3.42. The van der Waals surface area contributed by atoms with E-state index in [1.807, 2.05) is 12.1 Å². The molecular formula is C16H19N3OS. The van der Waals surface area contributed by atoms with Crippen LogP contribution in [-0.2, 0) is 12.3 Å². The Bertz CT molecular complexity index is 587. The van der Waals surface area contributed by atoms with Crippen molar-refractivity contribution in [2.75, 3.05) is 7.11 Å². The predicted molar refractivity (Wildman–Crippen MR) is 84.4 cm³/mol.